The van der Waals surface area contributed by atoms with E-state index >= 15 is 0 Å². The molecule has 2 fully saturated rings. The average Bonchev–Trinajstić information content (AvgIpc) is 3.05. The van der Waals surface area contributed by atoms with Gasteiger partial charge in [0, 0.05) is 34.6 Å². The lowest BCUT2D eigenvalue weighted by atomic mass is 9.83. The number of carbonyl (C=O) groups is 1. The predicted octanol–water partition coefficient (Wildman–Crippen LogP) is 4.87. The molecule has 0 saturated carbocycles. The van der Waals surface area contributed by atoms with Gasteiger partial charge in [0.1, 0.15) is 5.69 Å². The van der Waals surface area contributed by atoms with Gasteiger partial charge in [-0.3, -0.25) is 4.79 Å². The van der Waals surface area contributed by atoms with Crippen LogP contribution in [0.2, 0.25) is 5.02 Å². The molecule has 0 unspecified atom stereocenters. The molecule has 0 bridgehead atoms. The van der Waals surface area contributed by atoms with Crippen LogP contribution in [0, 0.1) is 5.92 Å². The van der Waals surface area contributed by atoms with E-state index in [-0.39, 0.29) is 11.9 Å². The van der Waals surface area contributed by atoms with Crippen LogP contribution in [0.1, 0.15) is 62.5 Å². The number of aromatic nitrogens is 1. The molecule has 2 atom stereocenters. The molecule has 4 nitrogen and oxygen atoms in total. The van der Waals surface area contributed by atoms with E-state index in [1.165, 1.54) is 45.2 Å². The molecule has 3 heterocycles. The second-order valence-corrected chi connectivity index (χ2v) is 8.84. The monoisotopic (exact) mass is 387 g/mol. The summed E-state index contributed by atoms with van der Waals surface area (Å²) in [6.45, 7) is 7.48. The number of hydrogen-bond donors (Lipinski definition) is 1. The van der Waals surface area contributed by atoms with Crippen LogP contribution in [0.3, 0.4) is 0 Å². The van der Waals surface area contributed by atoms with E-state index in [0.717, 1.165) is 23.1 Å². The Labute approximate surface area is 166 Å². The van der Waals surface area contributed by atoms with Gasteiger partial charge in [-0.2, -0.15) is 0 Å². The molecular formula is C22H30ClN3O. The number of hydrogen-bond acceptors (Lipinski definition) is 2. The zero-order chi connectivity index (χ0) is 19.0. The summed E-state index contributed by atoms with van der Waals surface area (Å²) < 4.78 is 2.12. The number of nitrogens with one attached hydrogen (secondary N) is 1. The van der Waals surface area contributed by atoms with E-state index in [0.29, 0.717) is 17.0 Å². The van der Waals surface area contributed by atoms with Crippen molar-refractivity contribution >= 4 is 28.4 Å². The van der Waals surface area contributed by atoms with Crippen LogP contribution >= 0.6 is 11.6 Å². The minimum absolute atomic E-state index is 0.0314. The lowest BCUT2D eigenvalue weighted by Crippen LogP contribution is -2.51. The summed E-state index contributed by atoms with van der Waals surface area (Å²) in [6.07, 6.45) is 6.41. The van der Waals surface area contributed by atoms with Crippen molar-refractivity contribution in [1.82, 2.24) is 14.8 Å². The molecule has 1 aromatic heterocycles. The number of nitrogens with zero attached hydrogens (tertiary/aromatic N) is 2. The first-order valence-corrected chi connectivity index (χ1v) is 10.7. The Bertz CT molecular complexity index is 826. The van der Waals surface area contributed by atoms with Gasteiger partial charge in [0.2, 0.25) is 0 Å². The number of carbonyl (C=O) groups excluding carboxylic acids is 1. The number of piperidine rings is 2. The summed E-state index contributed by atoms with van der Waals surface area (Å²) in [7, 11) is 0. The van der Waals surface area contributed by atoms with Crippen LogP contribution in [0.5, 0.6) is 0 Å². The smallest absolute Gasteiger partial charge is 0.267 e. The average molecular weight is 388 g/mol. The van der Waals surface area contributed by atoms with Gasteiger partial charge in [-0.05, 0) is 82.8 Å². The number of benzene rings is 1. The van der Waals surface area contributed by atoms with Gasteiger partial charge in [0.25, 0.3) is 5.91 Å². The molecule has 5 heteroatoms. The topological polar surface area (TPSA) is 37.3 Å². The van der Waals surface area contributed by atoms with Crippen LogP contribution < -0.4 is 5.32 Å². The predicted molar refractivity (Wildman–Crippen MR) is 112 cm³/mol. The van der Waals surface area contributed by atoms with Crippen LogP contribution in [0.25, 0.3) is 10.9 Å². The summed E-state index contributed by atoms with van der Waals surface area (Å²) in [5.74, 6) is 0.610. The first-order chi connectivity index (χ1) is 13.0. The van der Waals surface area contributed by atoms with Crippen LogP contribution in [-0.2, 0) is 0 Å². The Hall–Kier alpha value is -1.52. The van der Waals surface area contributed by atoms with E-state index < -0.39 is 0 Å². The molecule has 0 spiro atoms. The minimum atomic E-state index is 0.0314. The zero-order valence-corrected chi connectivity index (χ0v) is 17.1. The first-order valence-electron chi connectivity index (χ1n) is 10.4. The van der Waals surface area contributed by atoms with Gasteiger partial charge in [-0.15, -0.1) is 0 Å². The fourth-order valence-electron chi connectivity index (χ4n) is 5.07. The molecule has 0 aliphatic carbocycles. The van der Waals surface area contributed by atoms with Gasteiger partial charge in [-0.25, -0.2) is 0 Å². The van der Waals surface area contributed by atoms with Crippen LogP contribution in [0.4, 0.5) is 0 Å². The molecule has 4 rings (SSSR count). The van der Waals surface area contributed by atoms with Crippen molar-refractivity contribution in [3.8, 4) is 0 Å². The molecule has 2 aliphatic heterocycles. The maximum absolute atomic E-state index is 13.0. The lowest BCUT2D eigenvalue weighted by molar-refractivity contribution is 0.0574. The Morgan fingerprint density at radius 2 is 2.00 bits per heavy atom. The Morgan fingerprint density at radius 1 is 1.19 bits per heavy atom. The molecule has 1 N–H and O–H groups in total. The normalized spacial score (nSPS) is 23.6. The highest BCUT2D eigenvalue weighted by atomic mass is 35.5. The van der Waals surface area contributed by atoms with E-state index in [1.54, 1.807) is 0 Å². The third-order valence-corrected chi connectivity index (χ3v) is 6.54. The van der Waals surface area contributed by atoms with Crippen LogP contribution in [-0.4, -0.2) is 41.1 Å². The van der Waals surface area contributed by atoms with Gasteiger partial charge in [-0.1, -0.05) is 18.0 Å². The Kier molecular flexibility index (Phi) is 5.47. The van der Waals surface area contributed by atoms with Crippen molar-refractivity contribution < 1.29 is 4.79 Å². The van der Waals surface area contributed by atoms with Gasteiger partial charge < -0.3 is 14.8 Å². The lowest BCUT2D eigenvalue weighted by Gasteiger charge is -2.44. The van der Waals surface area contributed by atoms with E-state index in [4.69, 9.17) is 11.6 Å². The summed E-state index contributed by atoms with van der Waals surface area (Å²) in [4.78, 5) is 15.7. The molecule has 1 amide bonds. The molecule has 146 valence electrons. The third kappa shape index (κ3) is 3.74. The van der Waals surface area contributed by atoms with Gasteiger partial charge in [0.15, 0.2) is 0 Å². The highest BCUT2D eigenvalue weighted by Gasteiger charge is 2.33. The quantitative estimate of drug-likeness (QED) is 0.812. The highest BCUT2D eigenvalue weighted by Crippen LogP contribution is 2.31. The van der Waals surface area contributed by atoms with E-state index in [2.05, 4.69) is 28.6 Å². The zero-order valence-electron chi connectivity index (χ0n) is 16.4. The summed E-state index contributed by atoms with van der Waals surface area (Å²) in [6, 6.07) is 8.69. The minimum Gasteiger partial charge on any atom is -0.350 e. The standard InChI is InChI=1S/C22H30ClN3O/c1-15(2)26-20-9-8-18(23)12-17(20)13-21(26)22(27)24-14-16-6-5-11-25-10-4-3-7-19(16)25/h8-9,12-13,15-16,19H,3-7,10-11,14H2,1-2H3,(H,24,27)/t16-,19+/m0/s1. The second-order valence-electron chi connectivity index (χ2n) is 8.41. The van der Waals surface area contributed by atoms with Crippen LogP contribution in [0.15, 0.2) is 24.3 Å². The maximum atomic E-state index is 13.0. The van der Waals surface area contributed by atoms with Crippen molar-refractivity contribution in [3.63, 3.8) is 0 Å². The van der Waals surface area contributed by atoms with E-state index in [9.17, 15) is 4.79 Å². The Balaban J connectivity index is 1.52. The molecule has 2 aliphatic rings. The summed E-state index contributed by atoms with van der Waals surface area (Å²) in [5.41, 5.74) is 1.80. The summed E-state index contributed by atoms with van der Waals surface area (Å²) >= 11 is 6.15. The number of rotatable bonds is 4. The van der Waals surface area contributed by atoms with Crippen molar-refractivity contribution in [2.75, 3.05) is 19.6 Å². The molecular weight excluding hydrogens is 358 g/mol. The largest absolute Gasteiger partial charge is 0.350 e. The van der Waals surface area contributed by atoms with E-state index in [1.807, 2.05) is 24.3 Å². The second kappa shape index (κ2) is 7.84. The molecule has 0 radical (unpaired) electrons. The Morgan fingerprint density at radius 3 is 2.81 bits per heavy atom. The molecule has 2 aromatic rings. The number of halogens is 1. The number of amides is 1. The van der Waals surface area contributed by atoms with Crippen molar-refractivity contribution in [1.29, 1.82) is 0 Å². The van der Waals surface area contributed by atoms with Crippen molar-refractivity contribution in [2.45, 2.75) is 58.0 Å². The fraction of sp³-hybridized carbons (Fsp3) is 0.591. The fourth-order valence-corrected chi connectivity index (χ4v) is 5.25. The van der Waals surface area contributed by atoms with Gasteiger partial charge >= 0.3 is 0 Å². The highest BCUT2D eigenvalue weighted by molar-refractivity contribution is 6.31. The third-order valence-electron chi connectivity index (χ3n) is 6.30. The summed E-state index contributed by atoms with van der Waals surface area (Å²) in [5, 5.41) is 4.98. The van der Waals surface area contributed by atoms with Gasteiger partial charge in [0.05, 0.1) is 0 Å². The first kappa shape index (κ1) is 18.8. The number of fused-ring (bicyclic) bond motifs is 2. The van der Waals surface area contributed by atoms with Crippen molar-refractivity contribution in [3.05, 3.63) is 35.0 Å². The van der Waals surface area contributed by atoms with Crippen molar-refractivity contribution in [2.24, 2.45) is 5.92 Å². The maximum Gasteiger partial charge on any atom is 0.267 e. The molecule has 27 heavy (non-hydrogen) atoms. The molecule has 1 aromatic carbocycles. The molecule has 2 saturated heterocycles. The SMILES string of the molecule is CC(C)n1c(C(=O)NC[C@@H]2CCCN3CCCC[C@H]23)cc2cc(Cl)ccc21.